The first-order valence-corrected chi connectivity index (χ1v) is 11.6. The fourth-order valence-corrected chi connectivity index (χ4v) is 4.43. The molecule has 0 bridgehead atoms. The lowest BCUT2D eigenvalue weighted by Gasteiger charge is -2.27. The minimum absolute atomic E-state index is 0.204. The molecule has 3 aromatic rings. The number of halogens is 9. The van der Waals surface area contributed by atoms with E-state index in [0.717, 1.165) is 0 Å². The minimum atomic E-state index is -6.07. The standard InChI is InChI=1S/C24H19F9N4O3/c1-10(23(29,30)24(31,32)33)34-22(40)14-8-37(18-15(26)5-11(25)6-16(18)27)20-13(19(14)39)7-17(28)21(35-20)36-4-2-3-12(36)9-38/h5-8,10,12,38H,2-4,9H2,1H3,(H,34,40)/t10?,12-/m1/s1. The van der Waals surface area contributed by atoms with Gasteiger partial charge in [-0.3, -0.25) is 14.2 Å². The zero-order valence-corrected chi connectivity index (χ0v) is 20.3. The van der Waals surface area contributed by atoms with Gasteiger partial charge in [-0.15, -0.1) is 0 Å². The van der Waals surface area contributed by atoms with Crippen molar-refractivity contribution >= 4 is 22.8 Å². The first kappa shape index (κ1) is 29.2. The Labute approximate surface area is 218 Å². The van der Waals surface area contributed by atoms with Crippen LogP contribution in [0.4, 0.5) is 45.3 Å². The highest BCUT2D eigenvalue weighted by Crippen LogP contribution is 2.38. The van der Waals surface area contributed by atoms with Gasteiger partial charge in [0.05, 0.1) is 24.1 Å². The summed E-state index contributed by atoms with van der Waals surface area (Å²) < 4.78 is 124. The lowest BCUT2D eigenvalue weighted by atomic mass is 10.1. The van der Waals surface area contributed by atoms with E-state index in [2.05, 4.69) is 4.98 Å². The molecular formula is C24H19F9N4O3. The molecule has 16 heteroatoms. The summed E-state index contributed by atoms with van der Waals surface area (Å²) in [5, 5.41) is 10.1. The molecule has 1 aliphatic heterocycles. The van der Waals surface area contributed by atoms with Crippen LogP contribution in [0.25, 0.3) is 16.7 Å². The van der Waals surface area contributed by atoms with E-state index in [1.165, 1.54) is 10.2 Å². The second-order valence-corrected chi connectivity index (χ2v) is 9.11. The second kappa shape index (κ2) is 10.3. The largest absolute Gasteiger partial charge is 0.455 e. The summed E-state index contributed by atoms with van der Waals surface area (Å²) in [7, 11) is 0. The van der Waals surface area contributed by atoms with Crippen LogP contribution in [0.2, 0.25) is 0 Å². The van der Waals surface area contributed by atoms with Gasteiger partial charge in [-0.2, -0.15) is 22.0 Å². The highest BCUT2D eigenvalue weighted by atomic mass is 19.4. The first-order chi connectivity index (χ1) is 18.6. The van der Waals surface area contributed by atoms with Crippen LogP contribution in [0.15, 0.2) is 29.2 Å². The highest BCUT2D eigenvalue weighted by Gasteiger charge is 2.61. The van der Waals surface area contributed by atoms with Crippen LogP contribution in [0, 0.1) is 23.3 Å². The molecule has 4 rings (SSSR count). The Morgan fingerprint density at radius 2 is 1.73 bits per heavy atom. The number of aromatic nitrogens is 2. The lowest BCUT2D eigenvalue weighted by Crippen LogP contribution is -2.54. The van der Waals surface area contributed by atoms with Crippen LogP contribution in [0.3, 0.4) is 0 Å². The SMILES string of the molecule is CC(NC(=O)c1cn(-c2c(F)cc(F)cc2F)c2nc(N3CCC[C@@H]3CO)c(F)cc2c1=O)C(F)(F)C(F)(F)F. The van der Waals surface area contributed by atoms with Crippen molar-refractivity contribution < 1.29 is 49.4 Å². The molecule has 216 valence electrons. The first-order valence-electron chi connectivity index (χ1n) is 11.6. The number of nitrogens with zero attached hydrogens (tertiary/aromatic N) is 3. The van der Waals surface area contributed by atoms with Crippen molar-refractivity contribution in [1.82, 2.24) is 14.9 Å². The Bertz CT molecular complexity index is 1520. The molecule has 3 heterocycles. The molecule has 0 saturated carbocycles. The summed E-state index contributed by atoms with van der Waals surface area (Å²) in [6.45, 7) is 0.106. The van der Waals surface area contributed by atoms with E-state index >= 15 is 4.39 Å². The van der Waals surface area contributed by atoms with E-state index in [1.54, 1.807) is 0 Å². The maximum absolute atomic E-state index is 15.2. The maximum atomic E-state index is 15.2. The predicted octanol–water partition coefficient (Wildman–Crippen LogP) is 4.22. The Balaban J connectivity index is 1.96. The second-order valence-electron chi connectivity index (χ2n) is 9.11. The van der Waals surface area contributed by atoms with E-state index in [1.807, 2.05) is 0 Å². The van der Waals surface area contributed by atoms with E-state index in [0.29, 0.717) is 36.6 Å². The number of amides is 1. The topological polar surface area (TPSA) is 87.5 Å². The van der Waals surface area contributed by atoms with Crippen molar-refractivity contribution in [3.8, 4) is 5.69 Å². The quantitative estimate of drug-likeness (QED) is 0.426. The number of aliphatic hydroxyl groups is 1. The number of fused-ring (bicyclic) bond motifs is 1. The number of hydrogen-bond acceptors (Lipinski definition) is 5. The third-order valence-electron chi connectivity index (χ3n) is 6.51. The van der Waals surface area contributed by atoms with Crippen LogP contribution >= 0.6 is 0 Å². The molecule has 0 aliphatic carbocycles. The number of carbonyl (C=O) groups excluding carboxylic acids is 1. The maximum Gasteiger partial charge on any atom is 0.455 e. The molecule has 1 unspecified atom stereocenters. The van der Waals surface area contributed by atoms with Gasteiger partial charge in [0.2, 0.25) is 5.43 Å². The number of hydrogen-bond donors (Lipinski definition) is 2. The molecule has 1 saturated heterocycles. The van der Waals surface area contributed by atoms with Gasteiger partial charge < -0.3 is 15.3 Å². The van der Waals surface area contributed by atoms with Crippen LogP contribution in [-0.2, 0) is 0 Å². The van der Waals surface area contributed by atoms with E-state index < -0.39 is 93.5 Å². The van der Waals surface area contributed by atoms with E-state index in [-0.39, 0.29) is 18.7 Å². The van der Waals surface area contributed by atoms with Gasteiger partial charge in [0.1, 0.15) is 17.1 Å². The molecular weight excluding hydrogens is 563 g/mol. The summed E-state index contributed by atoms with van der Waals surface area (Å²) in [4.78, 5) is 31.2. The van der Waals surface area contributed by atoms with Crippen molar-refractivity contribution in [2.24, 2.45) is 0 Å². The summed E-state index contributed by atoms with van der Waals surface area (Å²) in [6.07, 6.45) is -4.71. The number of benzene rings is 1. The molecule has 2 N–H and O–H groups in total. The summed E-state index contributed by atoms with van der Waals surface area (Å²) in [5.41, 5.74) is -4.37. The van der Waals surface area contributed by atoms with Crippen molar-refractivity contribution in [1.29, 1.82) is 0 Å². The minimum Gasteiger partial charge on any atom is -0.394 e. The number of carbonyl (C=O) groups is 1. The normalized spacial score (nSPS) is 17.0. The number of rotatable bonds is 6. The highest BCUT2D eigenvalue weighted by molar-refractivity contribution is 5.97. The van der Waals surface area contributed by atoms with Crippen LogP contribution in [-0.4, -0.2) is 57.9 Å². The molecule has 7 nitrogen and oxygen atoms in total. The molecule has 2 atom stereocenters. The number of nitrogens with one attached hydrogen (secondary N) is 1. The predicted molar refractivity (Wildman–Crippen MR) is 123 cm³/mol. The molecule has 1 aliphatic rings. The number of pyridine rings is 2. The van der Waals surface area contributed by atoms with Crippen LogP contribution < -0.4 is 15.6 Å². The Morgan fingerprint density at radius 1 is 1.10 bits per heavy atom. The van der Waals surface area contributed by atoms with Gasteiger partial charge >= 0.3 is 12.1 Å². The Kier molecular flexibility index (Phi) is 7.51. The molecule has 0 spiro atoms. The monoisotopic (exact) mass is 582 g/mol. The molecule has 1 aromatic carbocycles. The molecule has 1 fully saturated rings. The zero-order valence-electron chi connectivity index (χ0n) is 20.3. The van der Waals surface area contributed by atoms with Gasteiger partial charge in [-0.1, -0.05) is 0 Å². The van der Waals surface area contributed by atoms with Gasteiger partial charge in [0, 0.05) is 24.9 Å². The van der Waals surface area contributed by atoms with Crippen LogP contribution in [0.1, 0.15) is 30.1 Å². The third kappa shape index (κ3) is 4.95. The molecule has 0 radical (unpaired) electrons. The van der Waals surface area contributed by atoms with Crippen molar-refractivity contribution in [3.63, 3.8) is 0 Å². The fraction of sp³-hybridized carbons (Fsp3) is 0.375. The van der Waals surface area contributed by atoms with Gasteiger partial charge in [0.25, 0.3) is 5.91 Å². The summed E-state index contributed by atoms with van der Waals surface area (Å²) >= 11 is 0. The number of alkyl halides is 5. The Hall–Kier alpha value is -3.82. The third-order valence-corrected chi connectivity index (χ3v) is 6.51. The fourth-order valence-electron chi connectivity index (χ4n) is 4.43. The Morgan fingerprint density at radius 3 is 2.30 bits per heavy atom. The average molecular weight is 582 g/mol. The van der Waals surface area contributed by atoms with E-state index in [9.17, 15) is 49.8 Å². The van der Waals surface area contributed by atoms with Gasteiger partial charge in [-0.25, -0.2) is 22.5 Å². The lowest BCUT2D eigenvalue weighted by molar-refractivity contribution is -0.290. The van der Waals surface area contributed by atoms with Crippen molar-refractivity contribution in [2.75, 3.05) is 18.1 Å². The summed E-state index contributed by atoms with van der Waals surface area (Å²) in [6, 6.07) is -2.47. The molecule has 2 aromatic heterocycles. The van der Waals surface area contributed by atoms with Gasteiger partial charge in [-0.05, 0) is 25.8 Å². The van der Waals surface area contributed by atoms with E-state index in [4.69, 9.17) is 0 Å². The van der Waals surface area contributed by atoms with Crippen molar-refractivity contribution in [3.05, 3.63) is 63.5 Å². The van der Waals surface area contributed by atoms with Crippen LogP contribution in [0.5, 0.6) is 0 Å². The number of aliphatic hydroxyl groups excluding tert-OH is 1. The molecule has 40 heavy (non-hydrogen) atoms. The smallest absolute Gasteiger partial charge is 0.394 e. The van der Waals surface area contributed by atoms with Crippen molar-refractivity contribution in [2.45, 2.75) is 43.9 Å². The molecule has 1 amide bonds. The zero-order chi connectivity index (χ0) is 29.7. The average Bonchev–Trinajstić information content (AvgIpc) is 3.32. The van der Waals surface area contributed by atoms with Gasteiger partial charge in [0.15, 0.2) is 28.9 Å². The summed E-state index contributed by atoms with van der Waals surface area (Å²) in [5.74, 6) is -13.3. The number of anilines is 1.